The van der Waals surface area contributed by atoms with Crippen LogP contribution in [0, 0.1) is 6.92 Å². The second kappa shape index (κ2) is 9.45. The van der Waals surface area contributed by atoms with Gasteiger partial charge in [-0.05, 0) is 55.5 Å². The van der Waals surface area contributed by atoms with Gasteiger partial charge in [0.15, 0.2) is 0 Å². The molecule has 2 aromatic carbocycles. The van der Waals surface area contributed by atoms with E-state index in [9.17, 15) is 18.0 Å². The normalized spacial score (nSPS) is 14.1. The van der Waals surface area contributed by atoms with Crippen molar-refractivity contribution in [3.8, 4) is 0 Å². The first-order chi connectivity index (χ1) is 15.8. The van der Waals surface area contributed by atoms with Crippen molar-refractivity contribution in [2.75, 3.05) is 41.8 Å². The lowest BCUT2D eigenvalue weighted by Gasteiger charge is -2.28. The van der Waals surface area contributed by atoms with E-state index in [4.69, 9.17) is 4.74 Å². The summed E-state index contributed by atoms with van der Waals surface area (Å²) in [7, 11) is 0. The highest BCUT2D eigenvalue weighted by Gasteiger charge is 2.30. The van der Waals surface area contributed by atoms with Crippen LogP contribution in [0.4, 0.5) is 36.2 Å². The summed E-state index contributed by atoms with van der Waals surface area (Å²) < 4.78 is 43.4. The second-order valence-electron chi connectivity index (χ2n) is 7.49. The number of halogens is 3. The molecule has 172 valence electrons. The maximum absolute atomic E-state index is 12.7. The molecule has 0 spiro atoms. The molecule has 0 aliphatic carbocycles. The zero-order valence-corrected chi connectivity index (χ0v) is 17.8. The topological polar surface area (TPSA) is 79.4 Å². The smallest absolute Gasteiger partial charge is 0.378 e. The van der Waals surface area contributed by atoms with E-state index in [2.05, 4.69) is 25.5 Å². The van der Waals surface area contributed by atoms with Gasteiger partial charge in [-0.25, -0.2) is 9.97 Å². The van der Waals surface area contributed by atoms with Crippen LogP contribution in [0.1, 0.15) is 21.7 Å². The average molecular weight is 457 g/mol. The second-order valence-corrected chi connectivity index (χ2v) is 7.49. The number of ether oxygens (including phenoxy) is 1. The van der Waals surface area contributed by atoms with Crippen LogP contribution < -0.4 is 15.5 Å². The number of carbonyl (C=O) groups is 1. The maximum atomic E-state index is 12.7. The molecular formula is C23H22F3N5O2. The summed E-state index contributed by atoms with van der Waals surface area (Å²) in [6.07, 6.45) is -4.44. The molecule has 7 nitrogen and oxygen atoms in total. The zero-order chi connectivity index (χ0) is 23.4. The van der Waals surface area contributed by atoms with Crippen LogP contribution in [-0.2, 0) is 10.9 Å². The minimum absolute atomic E-state index is 0.136. The Kier molecular flexibility index (Phi) is 6.45. The van der Waals surface area contributed by atoms with E-state index in [-0.39, 0.29) is 5.56 Å². The SMILES string of the molecule is Cc1nc(Nc2ccc(NC(=O)c3ccc(C(F)(F)F)cc3)cc2)cc(N2CCOCC2)n1. The highest BCUT2D eigenvalue weighted by atomic mass is 19.4. The lowest BCUT2D eigenvalue weighted by molar-refractivity contribution is -0.137. The Morgan fingerprint density at radius 3 is 2.24 bits per heavy atom. The standard InChI is InChI=1S/C23H22F3N5O2/c1-15-27-20(14-21(28-15)31-10-12-33-13-11-31)29-18-6-8-19(9-7-18)30-22(32)16-2-4-17(5-3-16)23(24,25)26/h2-9,14H,10-13H2,1H3,(H,30,32)(H,27,28,29). The number of aromatic nitrogens is 2. The van der Waals surface area contributed by atoms with E-state index in [0.29, 0.717) is 30.5 Å². The van der Waals surface area contributed by atoms with Gasteiger partial charge in [0, 0.05) is 36.1 Å². The molecule has 1 saturated heterocycles. The predicted octanol–water partition coefficient (Wildman–Crippen LogP) is 4.64. The number of aryl methyl sites for hydroxylation is 1. The fourth-order valence-electron chi connectivity index (χ4n) is 3.37. The molecule has 4 rings (SSSR count). The van der Waals surface area contributed by atoms with Crippen molar-refractivity contribution in [1.29, 1.82) is 0 Å². The molecule has 0 atom stereocenters. The van der Waals surface area contributed by atoms with Gasteiger partial charge in [0.1, 0.15) is 17.5 Å². The number of rotatable bonds is 5. The van der Waals surface area contributed by atoms with E-state index in [1.807, 2.05) is 13.0 Å². The molecule has 33 heavy (non-hydrogen) atoms. The van der Waals surface area contributed by atoms with Gasteiger partial charge in [0.05, 0.1) is 18.8 Å². The largest absolute Gasteiger partial charge is 0.416 e. The van der Waals surface area contributed by atoms with Crippen molar-refractivity contribution in [3.63, 3.8) is 0 Å². The molecule has 3 aromatic rings. The monoisotopic (exact) mass is 457 g/mol. The summed E-state index contributed by atoms with van der Waals surface area (Å²) >= 11 is 0. The molecule has 2 N–H and O–H groups in total. The Hall–Kier alpha value is -3.66. The number of hydrogen-bond acceptors (Lipinski definition) is 6. The summed E-state index contributed by atoms with van der Waals surface area (Å²) in [5.74, 6) is 1.62. The predicted molar refractivity (Wildman–Crippen MR) is 119 cm³/mol. The quantitative estimate of drug-likeness (QED) is 0.581. The molecule has 1 amide bonds. The third-order valence-corrected chi connectivity index (χ3v) is 5.05. The molecule has 0 saturated carbocycles. The third kappa shape index (κ3) is 5.78. The number of alkyl halides is 3. The van der Waals surface area contributed by atoms with Crippen molar-refractivity contribution in [1.82, 2.24) is 9.97 Å². The summed E-state index contributed by atoms with van der Waals surface area (Å²) in [6, 6.07) is 12.9. The fraction of sp³-hybridized carbons (Fsp3) is 0.261. The van der Waals surface area contributed by atoms with Crippen molar-refractivity contribution in [2.45, 2.75) is 13.1 Å². The molecule has 0 radical (unpaired) electrons. The summed E-state index contributed by atoms with van der Waals surface area (Å²) in [6.45, 7) is 4.68. The third-order valence-electron chi connectivity index (χ3n) is 5.05. The van der Waals surface area contributed by atoms with Crippen molar-refractivity contribution < 1.29 is 22.7 Å². The average Bonchev–Trinajstić information content (AvgIpc) is 2.80. The summed E-state index contributed by atoms with van der Waals surface area (Å²) in [5, 5.41) is 5.91. The lowest BCUT2D eigenvalue weighted by Crippen LogP contribution is -2.36. The van der Waals surface area contributed by atoms with Gasteiger partial charge in [-0.15, -0.1) is 0 Å². The van der Waals surface area contributed by atoms with Crippen LogP contribution in [0.3, 0.4) is 0 Å². The van der Waals surface area contributed by atoms with E-state index in [1.165, 1.54) is 0 Å². The van der Waals surface area contributed by atoms with Crippen LogP contribution in [0.15, 0.2) is 54.6 Å². The molecular weight excluding hydrogens is 435 g/mol. The van der Waals surface area contributed by atoms with Crippen LogP contribution in [0.25, 0.3) is 0 Å². The molecule has 1 aromatic heterocycles. The minimum atomic E-state index is -4.44. The van der Waals surface area contributed by atoms with Gasteiger partial charge in [-0.2, -0.15) is 13.2 Å². The van der Waals surface area contributed by atoms with Gasteiger partial charge in [-0.1, -0.05) is 0 Å². The van der Waals surface area contributed by atoms with Crippen molar-refractivity contribution in [3.05, 3.63) is 71.5 Å². The Morgan fingerprint density at radius 1 is 0.970 bits per heavy atom. The molecule has 1 aliphatic rings. The number of hydrogen-bond donors (Lipinski definition) is 2. The van der Waals surface area contributed by atoms with Gasteiger partial charge < -0.3 is 20.3 Å². The highest BCUT2D eigenvalue weighted by molar-refractivity contribution is 6.04. The number of morpholine rings is 1. The maximum Gasteiger partial charge on any atom is 0.416 e. The van der Waals surface area contributed by atoms with Crippen LogP contribution in [-0.4, -0.2) is 42.2 Å². The number of nitrogens with zero attached hydrogens (tertiary/aromatic N) is 3. The number of benzene rings is 2. The van der Waals surface area contributed by atoms with Crippen LogP contribution in [0.5, 0.6) is 0 Å². The van der Waals surface area contributed by atoms with Gasteiger partial charge in [0.25, 0.3) is 5.91 Å². The summed E-state index contributed by atoms with van der Waals surface area (Å²) in [5.41, 5.74) is 0.607. The van der Waals surface area contributed by atoms with Crippen LogP contribution in [0.2, 0.25) is 0 Å². The van der Waals surface area contributed by atoms with Gasteiger partial charge in [0.2, 0.25) is 0 Å². The number of carbonyl (C=O) groups excluding carboxylic acids is 1. The van der Waals surface area contributed by atoms with E-state index in [1.54, 1.807) is 24.3 Å². The first-order valence-electron chi connectivity index (χ1n) is 10.3. The zero-order valence-electron chi connectivity index (χ0n) is 17.8. The van der Waals surface area contributed by atoms with Crippen molar-refractivity contribution in [2.24, 2.45) is 0 Å². The van der Waals surface area contributed by atoms with E-state index in [0.717, 1.165) is 48.9 Å². The Bertz CT molecular complexity index is 1110. The Balaban J connectivity index is 1.40. The molecule has 2 heterocycles. The molecule has 1 fully saturated rings. The van der Waals surface area contributed by atoms with E-state index < -0.39 is 17.6 Å². The first kappa shape index (κ1) is 22.5. The van der Waals surface area contributed by atoms with Gasteiger partial charge >= 0.3 is 6.18 Å². The van der Waals surface area contributed by atoms with E-state index >= 15 is 0 Å². The molecule has 10 heteroatoms. The number of nitrogens with one attached hydrogen (secondary N) is 2. The number of anilines is 4. The summed E-state index contributed by atoms with van der Waals surface area (Å²) in [4.78, 5) is 23.4. The Morgan fingerprint density at radius 2 is 1.61 bits per heavy atom. The van der Waals surface area contributed by atoms with Crippen molar-refractivity contribution >= 4 is 28.9 Å². The van der Waals surface area contributed by atoms with Crippen LogP contribution >= 0.6 is 0 Å². The molecule has 1 aliphatic heterocycles. The first-order valence-corrected chi connectivity index (χ1v) is 10.3. The Labute approximate surface area is 188 Å². The fourth-order valence-corrected chi connectivity index (χ4v) is 3.37. The molecule has 0 bridgehead atoms. The molecule has 0 unspecified atom stereocenters. The van der Waals surface area contributed by atoms with Gasteiger partial charge in [-0.3, -0.25) is 4.79 Å². The highest BCUT2D eigenvalue weighted by Crippen LogP contribution is 2.29. The lowest BCUT2D eigenvalue weighted by atomic mass is 10.1. The number of amides is 1. The minimum Gasteiger partial charge on any atom is -0.378 e.